The summed E-state index contributed by atoms with van der Waals surface area (Å²) in [5, 5.41) is 2.65. The molecule has 27 heavy (non-hydrogen) atoms. The maximum absolute atomic E-state index is 12.8. The van der Waals surface area contributed by atoms with Crippen LogP contribution < -0.4 is 20.1 Å². The number of ketones is 1. The molecule has 3 rings (SSSR count). The van der Waals surface area contributed by atoms with Crippen LogP contribution in [0.4, 0.5) is 0 Å². The van der Waals surface area contributed by atoms with Crippen LogP contribution in [-0.2, 0) is 11.3 Å². The van der Waals surface area contributed by atoms with Crippen LogP contribution in [0.15, 0.2) is 52.0 Å². The van der Waals surface area contributed by atoms with Crippen molar-refractivity contribution in [2.45, 2.75) is 13.5 Å². The summed E-state index contributed by atoms with van der Waals surface area (Å²) in [6.45, 7) is 2.08. The molecular formula is C19H17N3O4S. The first-order chi connectivity index (χ1) is 13.1. The highest BCUT2D eigenvalue weighted by Gasteiger charge is 2.12. The van der Waals surface area contributed by atoms with Gasteiger partial charge in [-0.05, 0) is 37.3 Å². The van der Waals surface area contributed by atoms with E-state index in [0.29, 0.717) is 21.4 Å². The third kappa shape index (κ3) is 4.48. The molecule has 0 saturated heterocycles. The molecule has 0 unspecified atom stereocenters. The first-order valence-corrected chi connectivity index (χ1v) is 9.09. The number of carbonyl (C=O) groups excluding carboxylic acids is 2. The molecule has 1 N–H and O–H groups in total. The van der Waals surface area contributed by atoms with Gasteiger partial charge in [0.05, 0.1) is 16.5 Å². The number of Topliss-reactive ketones (excluding diaryl/α,β-unsaturated/α-hetero) is 1. The number of pyridine rings is 1. The molecule has 0 aliphatic rings. The van der Waals surface area contributed by atoms with Gasteiger partial charge in [-0.2, -0.15) is 0 Å². The molecule has 0 spiro atoms. The second-order valence-electron chi connectivity index (χ2n) is 5.53. The van der Waals surface area contributed by atoms with Gasteiger partial charge in [-0.1, -0.05) is 6.07 Å². The number of thiazole rings is 1. The fraction of sp³-hybridized carbons (Fsp3) is 0.158. The van der Waals surface area contributed by atoms with Crippen molar-refractivity contribution >= 4 is 35.2 Å². The number of hydrogen-bond acceptors (Lipinski definition) is 6. The van der Waals surface area contributed by atoms with Crippen LogP contribution in [-0.4, -0.2) is 27.8 Å². The van der Waals surface area contributed by atoms with Crippen molar-refractivity contribution < 1.29 is 14.0 Å². The minimum atomic E-state index is -0.379. The molecule has 138 valence electrons. The van der Waals surface area contributed by atoms with E-state index in [1.165, 1.54) is 16.9 Å². The average Bonchev–Trinajstić information content (AvgIpc) is 3.28. The Kier molecular flexibility index (Phi) is 5.77. The molecule has 0 aliphatic heterocycles. The Hall–Kier alpha value is -3.26. The van der Waals surface area contributed by atoms with Crippen molar-refractivity contribution in [2.75, 3.05) is 6.54 Å². The minimum Gasteiger partial charge on any atom is -0.461 e. The first-order valence-electron chi connectivity index (χ1n) is 8.27. The van der Waals surface area contributed by atoms with Crippen LogP contribution in [0.25, 0.3) is 12.2 Å². The summed E-state index contributed by atoms with van der Waals surface area (Å²) >= 11 is 1.12. The van der Waals surface area contributed by atoms with Gasteiger partial charge in [-0.15, -0.1) is 11.3 Å². The number of nitrogens with zero attached hydrogens (tertiary/aromatic N) is 2. The van der Waals surface area contributed by atoms with E-state index >= 15 is 0 Å². The molecule has 0 atom stereocenters. The summed E-state index contributed by atoms with van der Waals surface area (Å²) < 4.78 is 7.14. The van der Waals surface area contributed by atoms with Crippen molar-refractivity contribution in [3.63, 3.8) is 0 Å². The highest BCUT2D eigenvalue weighted by molar-refractivity contribution is 7.07. The quantitative estimate of drug-likeness (QED) is 0.627. The number of aromatic nitrogens is 2. The SMILES string of the molecule is CCNC(=O)Cn1c(=O)/c(=C\c2ccccn2)s/c1=C\C(=O)c1ccco1. The fourth-order valence-electron chi connectivity index (χ4n) is 2.39. The number of rotatable bonds is 6. The zero-order chi connectivity index (χ0) is 19.2. The number of amides is 1. The van der Waals surface area contributed by atoms with Gasteiger partial charge in [-0.3, -0.25) is 23.9 Å². The zero-order valence-electron chi connectivity index (χ0n) is 14.5. The maximum Gasteiger partial charge on any atom is 0.269 e. The van der Waals surface area contributed by atoms with E-state index in [9.17, 15) is 14.4 Å². The van der Waals surface area contributed by atoms with E-state index in [1.807, 2.05) is 6.07 Å². The standard InChI is InChI=1S/C19H17N3O4S/c1-2-20-17(24)12-22-18(11-14(23)15-7-5-9-26-15)27-16(19(22)25)10-13-6-3-4-8-21-13/h3-11H,2,12H2,1H3,(H,20,24)/b16-10+,18-11-. The third-order valence-electron chi connectivity index (χ3n) is 3.60. The highest BCUT2D eigenvalue weighted by Crippen LogP contribution is 2.02. The van der Waals surface area contributed by atoms with E-state index in [-0.39, 0.29) is 29.6 Å². The van der Waals surface area contributed by atoms with Gasteiger partial charge >= 0.3 is 0 Å². The Morgan fingerprint density at radius 3 is 2.81 bits per heavy atom. The summed E-state index contributed by atoms with van der Waals surface area (Å²) in [5.74, 6) is -0.521. The van der Waals surface area contributed by atoms with Crippen LogP contribution >= 0.6 is 11.3 Å². The summed E-state index contributed by atoms with van der Waals surface area (Å²) in [6, 6.07) is 8.51. The van der Waals surface area contributed by atoms with Crippen molar-refractivity contribution in [3.05, 3.63) is 73.8 Å². The number of nitrogens with one attached hydrogen (secondary N) is 1. The van der Waals surface area contributed by atoms with Crippen LogP contribution in [0.5, 0.6) is 0 Å². The molecule has 0 bridgehead atoms. The number of carbonyl (C=O) groups is 2. The number of likely N-dealkylation sites (N-methyl/N-ethyl adjacent to an activating group) is 1. The van der Waals surface area contributed by atoms with Gasteiger partial charge in [-0.25, -0.2) is 0 Å². The Labute approximate surface area is 158 Å². The predicted molar refractivity (Wildman–Crippen MR) is 102 cm³/mol. The lowest BCUT2D eigenvalue weighted by molar-refractivity contribution is -0.121. The molecule has 8 heteroatoms. The summed E-state index contributed by atoms with van der Waals surface area (Å²) in [7, 11) is 0. The van der Waals surface area contributed by atoms with Gasteiger partial charge in [0.25, 0.3) is 5.56 Å². The minimum absolute atomic E-state index is 0.163. The largest absolute Gasteiger partial charge is 0.461 e. The van der Waals surface area contributed by atoms with Gasteiger partial charge in [0.1, 0.15) is 11.2 Å². The van der Waals surface area contributed by atoms with Crippen LogP contribution in [0.2, 0.25) is 0 Å². The normalized spacial score (nSPS) is 12.3. The summed E-state index contributed by atoms with van der Waals surface area (Å²) in [4.78, 5) is 41.3. The molecule has 3 aromatic heterocycles. The van der Waals surface area contributed by atoms with E-state index < -0.39 is 0 Å². The molecule has 0 fully saturated rings. The van der Waals surface area contributed by atoms with E-state index in [0.717, 1.165) is 11.3 Å². The van der Waals surface area contributed by atoms with Gasteiger partial charge < -0.3 is 9.73 Å². The molecule has 0 saturated carbocycles. The number of furan rings is 1. The van der Waals surface area contributed by atoms with E-state index in [1.54, 1.807) is 43.5 Å². The monoisotopic (exact) mass is 383 g/mol. The summed E-state index contributed by atoms with van der Waals surface area (Å²) in [6.07, 6.45) is 5.97. The van der Waals surface area contributed by atoms with Crippen LogP contribution in [0, 0.1) is 0 Å². The van der Waals surface area contributed by atoms with E-state index in [2.05, 4.69) is 10.3 Å². The molecule has 3 aromatic rings. The molecule has 7 nitrogen and oxygen atoms in total. The Bertz CT molecular complexity index is 1110. The lowest BCUT2D eigenvalue weighted by Gasteiger charge is -2.02. The highest BCUT2D eigenvalue weighted by atomic mass is 32.1. The molecule has 1 amide bonds. The topological polar surface area (TPSA) is 94.2 Å². The second kappa shape index (κ2) is 8.41. The Balaban J connectivity index is 2.11. The molecule has 3 heterocycles. The zero-order valence-corrected chi connectivity index (χ0v) is 15.4. The van der Waals surface area contributed by atoms with E-state index in [4.69, 9.17) is 4.42 Å². The predicted octanol–water partition coefficient (Wildman–Crippen LogP) is 0.526. The molecular weight excluding hydrogens is 366 g/mol. The molecule has 0 aromatic carbocycles. The Morgan fingerprint density at radius 2 is 2.15 bits per heavy atom. The van der Waals surface area contributed by atoms with Crippen LogP contribution in [0.3, 0.4) is 0 Å². The average molecular weight is 383 g/mol. The van der Waals surface area contributed by atoms with Gasteiger partial charge in [0.2, 0.25) is 11.7 Å². The van der Waals surface area contributed by atoms with Crippen molar-refractivity contribution in [2.24, 2.45) is 0 Å². The summed E-state index contributed by atoms with van der Waals surface area (Å²) in [5.41, 5.74) is 0.264. The lowest BCUT2D eigenvalue weighted by atomic mass is 10.3. The third-order valence-corrected chi connectivity index (χ3v) is 4.66. The van der Waals surface area contributed by atoms with Gasteiger partial charge in [0, 0.05) is 18.8 Å². The number of hydrogen-bond donors (Lipinski definition) is 1. The van der Waals surface area contributed by atoms with Crippen molar-refractivity contribution in [1.29, 1.82) is 0 Å². The lowest BCUT2D eigenvalue weighted by Crippen LogP contribution is -2.38. The molecule has 0 aliphatic carbocycles. The van der Waals surface area contributed by atoms with Crippen molar-refractivity contribution in [3.8, 4) is 0 Å². The molecule has 0 radical (unpaired) electrons. The van der Waals surface area contributed by atoms with Gasteiger partial charge in [0.15, 0.2) is 5.76 Å². The Morgan fingerprint density at radius 1 is 1.30 bits per heavy atom. The second-order valence-corrected chi connectivity index (χ2v) is 6.60. The maximum atomic E-state index is 12.8. The van der Waals surface area contributed by atoms with Crippen molar-refractivity contribution in [1.82, 2.24) is 14.9 Å². The first kappa shape index (κ1) is 18.5. The fourth-order valence-corrected chi connectivity index (χ4v) is 3.41. The smallest absolute Gasteiger partial charge is 0.269 e. The van der Waals surface area contributed by atoms with Crippen LogP contribution in [0.1, 0.15) is 23.2 Å².